The first kappa shape index (κ1) is 21.6. The van der Waals surface area contributed by atoms with Crippen LogP contribution in [0.4, 0.5) is 17.6 Å². The highest BCUT2D eigenvalue weighted by molar-refractivity contribution is 5.88. The van der Waals surface area contributed by atoms with Crippen molar-refractivity contribution in [3.05, 3.63) is 103 Å². The van der Waals surface area contributed by atoms with Crippen molar-refractivity contribution in [3.8, 4) is 28.0 Å². The summed E-state index contributed by atoms with van der Waals surface area (Å²) in [6, 6.07) is 22.3. The molecule has 0 aliphatic carbocycles. The molecule has 0 saturated heterocycles. The van der Waals surface area contributed by atoms with Gasteiger partial charge in [-0.2, -0.15) is 0 Å². The van der Waals surface area contributed by atoms with E-state index < -0.39 is 12.2 Å². The SMILES string of the molecule is C=CCCc1ccc2cc(-c3ccc(-c4ccc(OC(F)(F)F)cc4)c(F)c3)ccc2c1. The highest BCUT2D eigenvalue weighted by Gasteiger charge is 2.31. The summed E-state index contributed by atoms with van der Waals surface area (Å²) in [6.45, 7) is 3.76. The van der Waals surface area contributed by atoms with Gasteiger partial charge in [-0.1, -0.05) is 60.7 Å². The molecule has 0 spiro atoms. The van der Waals surface area contributed by atoms with E-state index in [2.05, 4.69) is 29.5 Å². The van der Waals surface area contributed by atoms with Gasteiger partial charge in [0.05, 0.1) is 0 Å². The van der Waals surface area contributed by atoms with Crippen molar-refractivity contribution in [2.45, 2.75) is 19.2 Å². The standard InChI is InChI=1S/C27H20F4O/c1-2-3-4-18-5-6-21-16-22(8-7-20(21)15-18)23-11-14-25(26(28)17-23)19-9-12-24(13-10-19)32-27(29,30)31/h2,5-17H,1,3-4H2. The second-order valence-corrected chi connectivity index (χ2v) is 7.49. The Kier molecular flexibility index (Phi) is 5.99. The molecule has 0 saturated carbocycles. The third-order valence-corrected chi connectivity index (χ3v) is 5.24. The minimum Gasteiger partial charge on any atom is -0.406 e. The summed E-state index contributed by atoms with van der Waals surface area (Å²) in [4.78, 5) is 0. The topological polar surface area (TPSA) is 9.23 Å². The lowest BCUT2D eigenvalue weighted by atomic mass is 9.96. The van der Waals surface area contributed by atoms with Gasteiger partial charge in [0, 0.05) is 5.56 Å². The Hall–Kier alpha value is -3.60. The largest absolute Gasteiger partial charge is 0.573 e. The summed E-state index contributed by atoms with van der Waals surface area (Å²) >= 11 is 0. The van der Waals surface area contributed by atoms with Crippen molar-refractivity contribution in [1.29, 1.82) is 0 Å². The number of rotatable bonds is 6. The van der Waals surface area contributed by atoms with Gasteiger partial charge in [-0.15, -0.1) is 19.8 Å². The zero-order chi connectivity index (χ0) is 22.7. The molecule has 0 heterocycles. The minimum atomic E-state index is -4.76. The fourth-order valence-electron chi connectivity index (χ4n) is 3.66. The molecular weight excluding hydrogens is 416 g/mol. The van der Waals surface area contributed by atoms with Crippen LogP contribution in [0.25, 0.3) is 33.0 Å². The quantitative estimate of drug-likeness (QED) is 0.218. The molecule has 0 aliphatic heterocycles. The van der Waals surface area contributed by atoms with E-state index in [0.29, 0.717) is 11.1 Å². The molecule has 0 amide bonds. The van der Waals surface area contributed by atoms with Crippen molar-refractivity contribution in [3.63, 3.8) is 0 Å². The Bertz CT molecular complexity index is 1260. The average molecular weight is 436 g/mol. The molecule has 0 radical (unpaired) electrons. The van der Waals surface area contributed by atoms with Crippen LogP contribution in [-0.4, -0.2) is 6.36 Å². The van der Waals surface area contributed by atoms with Gasteiger partial charge in [0.1, 0.15) is 11.6 Å². The van der Waals surface area contributed by atoms with Gasteiger partial charge in [-0.05, 0) is 70.1 Å². The van der Waals surface area contributed by atoms with Crippen LogP contribution in [0.3, 0.4) is 0 Å². The van der Waals surface area contributed by atoms with E-state index in [1.807, 2.05) is 24.3 Å². The van der Waals surface area contributed by atoms with E-state index in [1.165, 1.54) is 35.9 Å². The molecule has 162 valence electrons. The predicted octanol–water partition coefficient (Wildman–Crippen LogP) is 8.33. The van der Waals surface area contributed by atoms with E-state index in [4.69, 9.17) is 0 Å². The second kappa shape index (κ2) is 8.87. The van der Waals surface area contributed by atoms with Gasteiger partial charge >= 0.3 is 6.36 Å². The summed E-state index contributed by atoms with van der Waals surface area (Å²) in [7, 11) is 0. The number of allylic oxidation sites excluding steroid dienone is 1. The number of hydrogen-bond donors (Lipinski definition) is 0. The lowest BCUT2D eigenvalue weighted by molar-refractivity contribution is -0.274. The Balaban J connectivity index is 1.58. The van der Waals surface area contributed by atoms with Crippen molar-refractivity contribution < 1.29 is 22.3 Å². The van der Waals surface area contributed by atoms with Gasteiger partial charge in [-0.3, -0.25) is 0 Å². The molecule has 0 N–H and O–H groups in total. The van der Waals surface area contributed by atoms with Gasteiger partial charge in [0.15, 0.2) is 0 Å². The Morgan fingerprint density at radius 1 is 0.750 bits per heavy atom. The fourth-order valence-corrected chi connectivity index (χ4v) is 3.66. The minimum absolute atomic E-state index is 0.306. The normalized spacial score (nSPS) is 11.5. The second-order valence-electron chi connectivity index (χ2n) is 7.49. The molecule has 0 unspecified atom stereocenters. The number of hydrogen-bond acceptors (Lipinski definition) is 1. The first-order valence-electron chi connectivity index (χ1n) is 10.1. The molecule has 1 nitrogen and oxygen atoms in total. The summed E-state index contributed by atoms with van der Waals surface area (Å²) in [5, 5.41) is 2.18. The van der Waals surface area contributed by atoms with Crippen LogP contribution in [0.15, 0.2) is 91.5 Å². The molecule has 4 aromatic carbocycles. The van der Waals surface area contributed by atoms with Crippen LogP contribution in [0.2, 0.25) is 0 Å². The molecular formula is C27H20F4O. The van der Waals surface area contributed by atoms with Crippen LogP contribution in [-0.2, 0) is 6.42 Å². The first-order chi connectivity index (χ1) is 15.3. The molecule has 0 bridgehead atoms. The molecule has 5 heteroatoms. The van der Waals surface area contributed by atoms with Crippen molar-refractivity contribution in [2.24, 2.45) is 0 Å². The highest BCUT2D eigenvalue weighted by Crippen LogP contribution is 2.32. The number of benzene rings is 4. The number of ether oxygens (including phenoxy) is 1. The third-order valence-electron chi connectivity index (χ3n) is 5.24. The van der Waals surface area contributed by atoms with Crippen LogP contribution in [0, 0.1) is 5.82 Å². The van der Waals surface area contributed by atoms with Crippen molar-refractivity contribution in [1.82, 2.24) is 0 Å². The Labute approximate surface area is 183 Å². The first-order valence-corrected chi connectivity index (χ1v) is 10.1. The van der Waals surface area contributed by atoms with Gasteiger partial charge in [0.2, 0.25) is 0 Å². The fraction of sp³-hybridized carbons (Fsp3) is 0.111. The van der Waals surface area contributed by atoms with Crippen LogP contribution in [0.5, 0.6) is 5.75 Å². The van der Waals surface area contributed by atoms with Crippen molar-refractivity contribution >= 4 is 10.8 Å². The van der Waals surface area contributed by atoms with E-state index in [1.54, 1.807) is 12.1 Å². The number of aryl methyl sites for hydroxylation is 1. The maximum Gasteiger partial charge on any atom is 0.573 e. The predicted molar refractivity (Wildman–Crippen MR) is 120 cm³/mol. The van der Waals surface area contributed by atoms with Crippen LogP contribution < -0.4 is 4.74 Å². The maximum absolute atomic E-state index is 14.9. The lowest BCUT2D eigenvalue weighted by Gasteiger charge is -2.11. The molecule has 0 fully saturated rings. The Morgan fingerprint density at radius 2 is 1.38 bits per heavy atom. The van der Waals surface area contributed by atoms with Gasteiger partial charge in [0.25, 0.3) is 0 Å². The van der Waals surface area contributed by atoms with E-state index in [0.717, 1.165) is 34.7 Å². The molecule has 0 aliphatic rings. The van der Waals surface area contributed by atoms with E-state index in [9.17, 15) is 17.6 Å². The maximum atomic E-state index is 14.9. The zero-order valence-electron chi connectivity index (χ0n) is 17.1. The summed E-state index contributed by atoms with van der Waals surface area (Å²) in [6.07, 6.45) is -0.998. The molecule has 0 aromatic heterocycles. The number of alkyl halides is 3. The van der Waals surface area contributed by atoms with E-state index >= 15 is 0 Å². The van der Waals surface area contributed by atoms with E-state index in [-0.39, 0.29) is 5.75 Å². The molecule has 0 atom stereocenters. The smallest absolute Gasteiger partial charge is 0.406 e. The molecule has 4 aromatic rings. The third kappa shape index (κ3) is 4.99. The van der Waals surface area contributed by atoms with Crippen LogP contribution in [0.1, 0.15) is 12.0 Å². The van der Waals surface area contributed by atoms with Crippen LogP contribution >= 0.6 is 0 Å². The average Bonchev–Trinajstić information content (AvgIpc) is 2.77. The number of fused-ring (bicyclic) bond motifs is 1. The summed E-state index contributed by atoms with van der Waals surface area (Å²) in [5.41, 5.74) is 3.62. The van der Waals surface area contributed by atoms with Gasteiger partial charge < -0.3 is 4.74 Å². The zero-order valence-corrected chi connectivity index (χ0v) is 17.1. The molecule has 32 heavy (non-hydrogen) atoms. The Morgan fingerprint density at radius 3 is 2.06 bits per heavy atom. The highest BCUT2D eigenvalue weighted by atomic mass is 19.4. The number of halogens is 4. The molecule has 4 rings (SSSR count). The summed E-state index contributed by atoms with van der Waals surface area (Å²) in [5.74, 6) is -0.797. The lowest BCUT2D eigenvalue weighted by Crippen LogP contribution is -2.16. The monoisotopic (exact) mass is 436 g/mol. The van der Waals surface area contributed by atoms with Crippen molar-refractivity contribution in [2.75, 3.05) is 0 Å². The van der Waals surface area contributed by atoms with Gasteiger partial charge in [-0.25, -0.2) is 4.39 Å². The summed E-state index contributed by atoms with van der Waals surface area (Å²) < 4.78 is 55.7.